The van der Waals surface area contributed by atoms with Crippen LogP contribution in [0.25, 0.3) is 0 Å². The highest BCUT2D eigenvalue weighted by molar-refractivity contribution is 5.65. The molecule has 0 rings (SSSR count). The molecule has 72 valence electrons. The molecule has 0 saturated heterocycles. The Morgan fingerprint density at radius 1 is 1.67 bits per heavy atom. The van der Waals surface area contributed by atoms with E-state index < -0.39 is 11.7 Å². The highest BCUT2D eigenvalue weighted by Crippen LogP contribution is 2.19. The Labute approximate surface area is 72.7 Å². The van der Waals surface area contributed by atoms with E-state index in [1.165, 1.54) is 0 Å². The van der Waals surface area contributed by atoms with Gasteiger partial charge in [-0.3, -0.25) is 0 Å². The van der Waals surface area contributed by atoms with Crippen molar-refractivity contribution in [2.75, 3.05) is 6.61 Å². The fraction of sp³-hybridized carbons (Fsp3) is 0.875. The molecule has 0 heterocycles. The summed E-state index contributed by atoms with van der Waals surface area (Å²) in [6, 6.07) is 0. The molecule has 12 heavy (non-hydrogen) atoms. The molecule has 0 saturated carbocycles. The molecule has 1 amide bonds. The third kappa shape index (κ3) is 4.96. The van der Waals surface area contributed by atoms with Gasteiger partial charge in [-0.15, -0.1) is 0 Å². The summed E-state index contributed by atoms with van der Waals surface area (Å²) in [5.74, 6) is 0.111. The Bertz CT molecular complexity index is 156. The van der Waals surface area contributed by atoms with Crippen LogP contribution in [-0.2, 0) is 4.74 Å². The highest BCUT2D eigenvalue weighted by Gasteiger charge is 2.23. The predicted octanol–water partition coefficient (Wildman–Crippen LogP) is 0.879. The molecule has 0 aliphatic rings. The van der Waals surface area contributed by atoms with Crippen molar-refractivity contribution < 1.29 is 14.6 Å². The van der Waals surface area contributed by atoms with Gasteiger partial charge in [-0.2, -0.15) is 0 Å². The van der Waals surface area contributed by atoms with Crippen molar-refractivity contribution >= 4 is 6.09 Å². The fourth-order valence-corrected chi connectivity index (χ4v) is 1.22. The summed E-state index contributed by atoms with van der Waals surface area (Å²) in [4.78, 5) is 10.4. The standard InChI is InChI=1S/C8H17NO3/c1-6(5-10)4-8(2,3)12-7(9)11/h6,10H,4-5H2,1-3H3,(H2,9,11)/t6-/m1/s1. The minimum Gasteiger partial charge on any atom is -0.444 e. The Morgan fingerprint density at radius 3 is 2.50 bits per heavy atom. The minimum absolute atomic E-state index is 0.0888. The molecule has 0 aromatic rings. The Hall–Kier alpha value is -0.770. The van der Waals surface area contributed by atoms with Gasteiger partial charge in [0.05, 0.1) is 0 Å². The maximum absolute atomic E-state index is 10.4. The molecular formula is C8H17NO3. The van der Waals surface area contributed by atoms with E-state index in [2.05, 4.69) is 0 Å². The highest BCUT2D eigenvalue weighted by atomic mass is 16.6. The van der Waals surface area contributed by atoms with Crippen LogP contribution in [0.3, 0.4) is 0 Å². The SMILES string of the molecule is C[C@@H](CO)CC(C)(C)OC(N)=O. The number of carbonyl (C=O) groups excluding carboxylic acids is 1. The molecule has 4 nitrogen and oxygen atoms in total. The second-order valence-corrected chi connectivity index (χ2v) is 3.67. The monoisotopic (exact) mass is 175 g/mol. The van der Waals surface area contributed by atoms with E-state index in [0.29, 0.717) is 6.42 Å². The largest absolute Gasteiger partial charge is 0.444 e. The molecule has 0 aliphatic heterocycles. The molecule has 4 heteroatoms. The Kier molecular flexibility index (Phi) is 4.03. The molecule has 0 fully saturated rings. The van der Waals surface area contributed by atoms with E-state index >= 15 is 0 Å². The molecule has 0 radical (unpaired) electrons. The van der Waals surface area contributed by atoms with Crippen LogP contribution in [0.5, 0.6) is 0 Å². The zero-order valence-corrected chi connectivity index (χ0v) is 7.83. The molecule has 0 bridgehead atoms. The number of hydrogen-bond donors (Lipinski definition) is 2. The number of aliphatic hydroxyl groups excluding tert-OH is 1. The predicted molar refractivity (Wildman–Crippen MR) is 45.6 cm³/mol. The fourth-order valence-electron chi connectivity index (χ4n) is 1.22. The third-order valence-electron chi connectivity index (χ3n) is 1.53. The van der Waals surface area contributed by atoms with Crippen LogP contribution in [0.15, 0.2) is 0 Å². The van der Waals surface area contributed by atoms with Crippen molar-refractivity contribution in [1.82, 2.24) is 0 Å². The first kappa shape index (κ1) is 11.2. The van der Waals surface area contributed by atoms with Crippen LogP contribution in [0.4, 0.5) is 4.79 Å². The number of aliphatic hydroxyl groups is 1. The third-order valence-corrected chi connectivity index (χ3v) is 1.53. The number of rotatable bonds is 4. The summed E-state index contributed by atoms with van der Waals surface area (Å²) in [7, 11) is 0. The zero-order chi connectivity index (χ0) is 9.78. The summed E-state index contributed by atoms with van der Waals surface area (Å²) in [5, 5.41) is 8.76. The molecule has 0 aromatic heterocycles. The van der Waals surface area contributed by atoms with Crippen LogP contribution in [0, 0.1) is 5.92 Å². The first-order valence-electron chi connectivity index (χ1n) is 3.96. The number of amides is 1. The van der Waals surface area contributed by atoms with Crippen molar-refractivity contribution in [1.29, 1.82) is 0 Å². The second kappa shape index (κ2) is 4.30. The number of hydrogen-bond acceptors (Lipinski definition) is 3. The van der Waals surface area contributed by atoms with Gasteiger partial charge in [0.15, 0.2) is 0 Å². The molecule has 0 aliphatic carbocycles. The Morgan fingerprint density at radius 2 is 2.17 bits per heavy atom. The number of nitrogens with two attached hydrogens (primary N) is 1. The lowest BCUT2D eigenvalue weighted by atomic mass is 9.95. The lowest BCUT2D eigenvalue weighted by Crippen LogP contribution is -2.33. The van der Waals surface area contributed by atoms with Crippen molar-refractivity contribution in [3.05, 3.63) is 0 Å². The van der Waals surface area contributed by atoms with Gasteiger partial charge in [-0.05, 0) is 26.2 Å². The molecular weight excluding hydrogens is 158 g/mol. The summed E-state index contributed by atoms with van der Waals surface area (Å²) < 4.78 is 4.84. The van der Waals surface area contributed by atoms with Gasteiger partial charge >= 0.3 is 6.09 Å². The van der Waals surface area contributed by atoms with Gasteiger partial charge in [-0.1, -0.05) is 6.92 Å². The van der Waals surface area contributed by atoms with Crippen molar-refractivity contribution in [3.8, 4) is 0 Å². The van der Waals surface area contributed by atoms with E-state index in [0.717, 1.165) is 0 Å². The van der Waals surface area contributed by atoms with Crippen LogP contribution in [-0.4, -0.2) is 23.4 Å². The Balaban J connectivity index is 3.94. The quantitative estimate of drug-likeness (QED) is 0.666. The van der Waals surface area contributed by atoms with Gasteiger partial charge < -0.3 is 15.6 Å². The van der Waals surface area contributed by atoms with E-state index in [1.807, 2.05) is 6.92 Å². The van der Waals surface area contributed by atoms with Gasteiger partial charge in [0, 0.05) is 6.61 Å². The zero-order valence-electron chi connectivity index (χ0n) is 7.83. The normalized spacial score (nSPS) is 14.0. The second-order valence-electron chi connectivity index (χ2n) is 3.67. The first-order valence-corrected chi connectivity index (χ1v) is 3.96. The van der Waals surface area contributed by atoms with Gasteiger partial charge in [0.2, 0.25) is 0 Å². The van der Waals surface area contributed by atoms with E-state index in [1.54, 1.807) is 13.8 Å². The average Bonchev–Trinajstić information content (AvgIpc) is 1.83. The summed E-state index contributed by atoms with van der Waals surface area (Å²) in [5.41, 5.74) is 4.28. The summed E-state index contributed by atoms with van der Waals surface area (Å²) in [6.45, 7) is 5.51. The topological polar surface area (TPSA) is 72.6 Å². The van der Waals surface area contributed by atoms with Gasteiger partial charge in [0.25, 0.3) is 0 Å². The molecule has 0 unspecified atom stereocenters. The summed E-state index contributed by atoms with van der Waals surface area (Å²) in [6.07, 6.45) is -0.169. The van der Waals surface area contributed by atoms with Gasteiger partial charge in [0.1, 0.15) is 5.60 Å². The first-order chi connectivity index (χ1) is 5.37. The van der Waals surface area contributed by atoms with Crippen LogP contribution in [0.2, 0.25) is 0 Å². The smallest absolute Gasteiger partial charge is 0.405 e. The maximum Gasteiger partial charge on any atom is 0.405 e. The van der Waals surface area contributed by atoms with Gasteiger partial charge in [-0.25, -0.2) is 4.79 Å². The average molecular weight is 175 g/mol. The lowest BCUT2D eigenvalue weighted by Gasteiger charge is -2.26. The maximum atomic E-state index is 10.4. The van der Waals surface area contributed by atoms with Crippen LogP contribution in [0.1, 0.15) is 27.2 Å². The van der Waals surface area contributed by atoms with E-state index in [9.17, 15) is 4.79 Å². The molecule has 1 atom stereocenters. The summed E-state index contributed by atoms with van der Waals surface area (Å²) >= 11 is 0. The van der Waals surface area contributed by atoms with Crippen molar-refractivity contribution in [2.24, 2.45) is 11.7 Å². The van der Waals surface area contributed by atoms with Crippen molar-refractivity contribution in [3.63, 3.8) is 0 Å². The van der Waals surface area contributed by atoms with Crippen LogP contribution < -0.4 is 5.73 Å². The minimum atomic E-state index is -0.773. The van der Waals surface area contributed by atoms with E-state index in [4.69, 9.17) is 15.6 Å². The number of carbonyl (C=O) groups is 1. The number of ether oxygens (including phenoxy) is 1. The van der Waals surface area contributed by atoms with Crippen LogP contribution >= 0.6 is 0 Å². The molecule has 3 N–H and O–H groups in total. The van der Waals surface area contributed by atoms with Crippen molar-refractivity contribution in [2.45, 2.75) is 32.8 Å². The lowest BCUT2D eigenvalue weighted by molar-refractivity contribution is 0.0212. The molecule has 0 aromatic carbocycles. The van der Waals surface area contributed by atoms with E-state index in [-0.39, 0.29) is 12.5 Å². The molecule has 0 spiro atoms. The number of primary amides is 1.